The molecule has 2 rings (SSSR count). The normalized spacial score (nSPS) is 21.0. The summed E-state index contributed by atoms with van der Waals surface area (Å²) in [6.07, 6.45) is 6.86. The van der Waals surface area contributed by atoms with Gasteiger partial charge in [-0.2, -0.15) is 0 Å². The van der Waals surface area contributed by atoms with Crippen LogP contribution in [0.4, 0.5) is 4.39 Å². The average molecular weight is 300 g/mol. The Labute approximate surface area is 125 Å². The Morgan fingerprint density at radius 2 is 1.80 bits per heavy atom. The van der Waals surface area contributed by atoms with Gasteiger partial charge in [0.25, 0.3) is 0 Å². The van der Waals surface area contributed by atoms with Gasteiger partial charge in [0.1, 0.15) is 5.82 Å². The van der Waals surface area contributed by atoms with E-state index in [1.165, 1.54) is 31.4 Å². The molecule has 1 saturated carbocycles. The second kappa shape index (κ2) is 6.88. The predicted octanol–water partition coefficient (Wildman–Crippen LogP) is 4.20. The van der Waals surface area contributed by atoms with Gasteiger partial charge in [-0.25, -0.2) is 4.39 Å². The van der Waals surface area contributed by atoms with E-state index in [4.69, 9.17) is 17.3 Å². The maximum Gasteiger partial charge on any atom is 0.124 e. The van der Waals surface area contributed by atoms with Crippen molar-refractivity contribution in [2.75, 3.05) is 6.54 Å². The van der Waals surface area contributed by atoms with E-state index >= 15 is 0 Å². The highest BCUT2D eigenvalue weighted by atomic mass is 35.5. The molecule has 1 unspecified atom stereocenters. The lowest BCUT2D eigenvalue weighted by Gasteiger charge is -2.39. The highest BCUT2D eigenvalue weighted by Gasteiger charge is 2.38. The van der Waals surface area contributed by atoms with Crippen LogP contribution < -0.4 is 5.73 Å². The lowest BCUT2D eigenvalue weighted by molar-refractivity contribution is 0.00852. The summed E-state index contributed by atoms with van der Waals surface area (Å²) in [5, 5.41) is 11.1. The van der Waals surface area contributed by atoms with Crippen LogP contribution in [0.2, 0.25) is 5.02 Å². The molecule has 4 heteroatoms. The van der Waals surface area contributed by atoms with Crippen LogP contribution in [0.1, 0.15) is 56.6 Å². The van der Waals surface area contributed by atoms with Crippen LogP contribution in [0.15, 0.2) is 18.2 Å². The van der Waals surface area contributed by atoms with E-state index in [9.17, 15) is 9.50 Å². The first-order chi connectivity index (χ1) is 9.59. The van der Waals surface area contributed by atoms with E-state index in [1.54, 1.807) is 6.07 Å². The zero-order valence-corrected chi connectivity index (χ0v) is 12.5. The maximum absolute atomic E-state index is 13.2. The zero-order valence-electron chi connectivity index (χ0n) is 11.7. The first kappa shape index (κ1) is 15.7. The highest BCUT2D eigenvalue weighted by Crippen LogP contribution is 2.45. The molecule has 0 spiro atoms. The van der Waals surface area contributed by atoms with Crippen LogP contribution in [0.3, 0.4) is 0 Å². The Bertz CT molecular complexity index is 444. The number of aliphatic hydroxyl groups excluding tert-OH is 1. The first-order valence-electron chi connectivity index (χ1n) is 7.42. The first-order valence-corrected chi connectivity index (χ1v) is 7.80. The molecule has 0 aromatic heterocycles. The summed E-state index contributed by atoms with van der Waals surface area (Å²) in [5.74, 6) is -0.384. The topological polar surface area (TPSA) is 46.2 Å². The fourth-order valence-electron chi connectivity index (χ4n) is 3.25. The molecule has 0 radical (unpaired) electrons. The van der Waals surface area contributed by atoms with Crippen molar-refractivity contribution in [3.63, 3.8) is 0 Å². The molecule has 0 aliphatic heterocycles. The minimum absolute atomic E-state index is 0.285. The summed E-state index contributed by atoms with van der Waals surface area (Å²) >= 11 is 6.09. The van der Waals surface area contributed by atoms with Crippen LogP contribution in [0.25, 0.3) is 0 Å². The molecule has 0 saturated heterocycles. The minimum Gasteiger partial charge on any atom is -0.388 e. The average Bonchev–Trinajstić information content (AvgIpc) is 2.38. The summed E-state index contributed by atoms with van der Waals surface area (Å²) < 4.78 is 13.2. The second-order valence-corrected chi connectivity index (χ2v) is 6.31. The van der Waals surface area contributed by atoms with Gasteiger partial charge in [0.2, 0.25) is 0 Å². The van der Waals surface area contributed by atoms with Crippen molar-refractivity contribution in [3.05, 3.63) is 34.6 Å². The van der Waals surface area contributed by atoms with Gasteiger partial charge >= 0.3 is 0 Å². The molecule has 1 aromatic rings. The largest absolute Gasteiger partial charge is 0.388 e. The van der Waals surface area contributed by atoms with Gasteiger partial charge in [0.15, 0.2) is 0 Å². The molecule has 2 nitrogen and oxygen atoms in total. The molecule has 112 valence electrons. The van der Waals surface area contributed by atoms with Crippen LogP contribution in [0.5, 0.6) is 0 Å². The molecule has 0 amide bonds. The molecule has 1 aromatic carbocycles. The lowest BCUT2D eigenvalue weighted by atomic mass is 9.70. The number of halogens is 2. The van der Waals surface area contributed by atoms with E-state index in [0.717, 1.165) is 25.7 Å². The van der Waals surface area contributed by atoms with Crippen LogP contribution in [-0.2, 0) is 0 Å². The summed E-state index contributed by atoms with van der Waals surface area (Å²) in [6.45, 7) is 0.432. The summed E-state index contributed by atoms with van der Waals surface area (Å²) in [5.41, 5.74) is 6.26. The molecule has 1 aliphatic carbocycles. The third kappa shape index (κ3) is 3.33. The maximum atomic E-state index is 13.2. The number of benzene rings is 1. The van der Waals surface area contributed by atoms with Crippen molar-refractivity contribution in [1.29, 1.82) is 0 Å². The lowest BCUT2D eigenvalue weighted by Crippen LogP contribution is -2.37. The number of hydrogen-bond acceptors (Lipinski definition) is 2. The smallest absolute Gasteiger partial charge is 0.124 e. The standard InChI is InChI=1S/C16H23ClFNO/c17-14-10-12(18)6-7-13(14)15(20)16(11-19)8-4-2-1-3-5-9-16/h6-7,10,15,20H,1-5,8-9,11,19H2. The van der Waals surface area contributed by atoms with E-state index < -0.39 is 6.10 Å². The van der Waals surface area contributed by atoms with Gasteiger partial charge in [-0.3, -0.25) is 0 Å². The molecule has 20 heavy (non-hydrogen) atoms. The van der Waals surface area contributed by atoms with Crippen molar-refractivity contribution in [1.82, 2.24) is 0 Å². The molecule has 0 heterocycles. The van der Waals surface area contributed by atoms with Crippen LogP contribution >= 0.6 is 11.6 Å². The number of rotatable bonds is 3. The van der Waals surface area contributed by atoms with E-state index in [1.807, 2.05) is 0 Å². The quantitative estimate of drug-likeness (QED) is 0.878. The fraction of sp³-hybridized carbons (Fsp3) is 0.625. The van der Waals surface area contributed by atoms with Gasteiger partial charge in [-0.1, -0.05) is 49.8 Å². The molecule has 1 aliphatic rings. The number of hydrogen-bond donors (Lipinski definition) is 2. The van der Waals surface area contributed by atoms with Gasteiger partial charge in [0.05, 0.1) is 6.10 Å². The SMILES string of the molecule is NCC1(C(O)c2ccc(F)cc2Cl)CCCCCCC1. The van der Waals surface area contributed by atoms with Crippen LogP contribution in [0, 0.1) is 11.2 Å². The van der Waals surface area contributed by atoms with Crippen molar-refractivity contribution in [2.45, 2.75) is 51.0 Å². The summed E-state index contributed by atoms with van der Waals surface area (Å²) in [6, 6.07) is 4.18. The van der Waals surface area contributed by atoms with Gasteiger partial charge in [0, 0.05) is 17.0 Å². The third-order valence-corrected chi connectivity index (χ3v) is 4.92. The molecule has 1 fully saturated rings. The Hall–Kier alpha value is -0.640. The summed E-state index contributed by atoms with van der Waals surface area (Å²) in [7, 11) is 0. The predicted molar refractivity (Wildman–Crippen MR) is 80.2 cm³/mol. The fourth-order valence-corrected chi connectivity index (χ4v) is 3.52. The Balaban J connectivity index is 2.28. The molecular weight excluding hydrogens is 277 g/mol. The zero-order chi connectivity index (χ0) is 14.6. The third-order valence-electron chi connectivity index (χ3n) is 4.59. The molecule has 3 N–H and O–H groups in total. The summed E-state index contributed by atoms with van der Waals surface area (Å²) in [4.78, 5) is 0. The Morgan fingerprint density at radius 3 is 2.35 bits per heavy atom. The number of aliphatic hydroxyl groups is 1. The van der Waals surface area contributed by atoms with Crippen molar-refractivity contribution in [2.24, 2.45) is 11.1 Å². The van der Waals surface area contributed by atoms with E-state index in [2.05, 4.69) is 0 Å². The van der Waals surface area contributed by atoms with Crippen molar-refractivity contribution in [3.8, 4) is 0 Å². The Morgan fingerprint density at radius 1 is 1.20 bits per heavy atom. The van der Waals surface area contributed by atoms with Gasteiger partial charge in [-0.15, -0.1) is 0 Å². The van der Waals surface area contributed by atoms with Gasteiger partial charge in [-0.05, 0) is 30.5 Å². The van der Waals surface area contributed by atoms with Crippen molar-refractivity contribution >= 4 is 11.6 Å². The van der Waals surface area contributed by atoms with E-state index in [-0.39, 0.29) is 16.3 Å². The van der Waals surface area contributed by atoms with Crippen LogP contribution in [-0.4, -0.2) is 11.7 Å². The van der Waals surface area contributed by atoms with Crippen molar-refractivity contribution < 1.29 is 9.50 Å². The number of nitrogens with two attached hydrogens (primary N) is 1. The van der Waals surface area contributed by atoms with Gasteiger partial charge < -0.3 is 10.8 Å². The molecule has 0 bridgehead atoms. The molecule has 1 atom stereocenters. The van der Waals surface area contributed by atoms with E-state index in [0.29, 0.717) is 12.1 Å². The second-order valence-electron chi connectivity index (χ2n) is 5.90. The Kier molecular flexibility index (Phi) is 5.42. The molecular formula is C16H23ClFNO. The minimum atomic E-state index is -0.723. The monoisotopic (exact) mass is 299 g/mol. The highest BCUT2D eigenvalue weighted by molar-refractivity contribution is 6.31.